The predicted octanol–water partition coefficient (Wildman–Crippen LogP) is 0.431. The Balaban J connectivity index is 4.89. The van der Waals surface area contributed by atoms with Gasteiger partial charge in [-0.15, -0.1) is 0 Å². The van der Waals surface area contributed by atoms with Crippen molar-refractivity contribution in [1.82, 2.24) is 0 Å². The molecular formula is C4H7F3O6S2. The summed E-state index contributed by atoms with van der Waals surface area (Å²) in [6, 6.07) is 0. The van der Waals surface area contributed by atoms with Gasteiger partial charge < -0.3 is 0 Å². The topological polar surface area (TPSA) is 109 Å². The van der Waals surface area contributed by atoms with Crippen molar-refractivity contribution >= 4 is 20.2 Å². The summed E-state index contributed by atoms with van der Waals surface area (Å²) in [6.07, 6.45) is -7.99. The average Bonchev–Trinajstić information content (AvgIpc) is 1.75. The van der Waals surface area contributed by atoms with E-state index < -0.39 is 43.8 Å². The van der Waals surface area contributed by atoms with E-state index >= 15 is 0 Å². The number of halogens is 3. The molecule has 0 radical (unpaired) electrons. The van der Waals surface area contributed by atoms with Gasteiger partial charge in [-0.1, -0.05) is 0 Å². The maximum Gasteiger partial charge on any atom is 0.389 e. The summed E-state index contributed by atoms with van der Waals surface area (Å²) >= 11 is 0. The van der Waals surface area contributed by atoms with Gasteiger partial charge in [-0.2, -0.15) is 30.0 Å². The monoisotopic (exact) mass is 272 g/mol. The van der Waals surface area contributed by atoms with Crippen molar-refractivity contribution in [2.24, 2.45) is 0 Å². The van der Waals surface area contributed by atoms with Crippen LogP contribution in [0.4, 0.5) is 13.2 Å². The van der Waals surface area contributed by atoms with Crippen molar-refractivity contribution in [3.05, 3.63) is 0 Å². The first-order valence-corrected chi connectivity index (χ1v) is 6.34. The van der Waals surface area contributed by atoms with E-state index in [4.69, 9.17) is 9.11 Å². The van der Waals surface area contributed by atoms with Crippen LogP contribution in [0, 0.1) is 0 Å². The molecule has 0 rings (SSSR count). The Kier molecular flexibility index (Phi) is 4.12. The van der Waals surface area contributed by atoms with Gasteiger partial charge in [0.1, 0.15) is 0 Å². The van der Waals surface area contributed by atoms with Crippen molar-refractivity contribution in [2.75, 3.05) is 0 Å². The van der Waals surface area contributed by atoms with Crippen LogP contribution >= 0.6 is 0 Å². The minimum atomic E-state index is -5.28. The van der Waals surface area contributed by atoms with Crippen LogP contribution in [0.15, 0.2) is 0 Å². The van der Waals surface area contributed by atoms with Crippen LogP contribution in [0.1, 0.15) is 12.8 Å². The lowest BCUT2D eigenvalue weighted by Gasteiger charge is -2.11. The molecule has 0 unspecified atom stereocenters. The van der Waals surface area contributed by atoms with Crippen LogP contribution < -0.4 is 0 Å². The van der Waals surface area contributed by atoms with Crippen molar-refractivity contribution < 1.29 is 39.1 Å². The zero-order valence-corrected chi connectivity index (χ0v) is 8.60. The van der Waals surface area contributed by atoms with E-state index in [-0.39, 0.29) is 0 Å². The highest BCUT2D eigenvalue weighted by Crippen LogP contribution is 2.25. The fourth-order valence-electron chi connectivity index (χ4n) is 0.733. The molecule has 0 aliphatic rings. The van der Waals surface area contributed by atoms with Crippen LogP contribution in [0.5, 0.6) is 0 Å². The second-order valence-electron chi connectivity index (χ2n) is 2.61. The summed E-state index contributed by atoms with van der Waals surface area (Å²) in [5.41, 5.74) is 0. The lowest BCUT2D eigenvalue weighted by molar-refractivity contribution is -0.134. The van der Waals surface area contributed by atoms with Gasteiger partial charge in [-0.25, -0.2) is 0 Å². The van der Waals surface area contributed by atoms with Crippen molar-refractivity contribution in [3.63, 3.8) is 0 Å². The number of hydrogen-bond donors (Lipinski definition) is 2. The van der Waals surface area contributed by atoms with Crippen molar-refractivity contribution in [1.29, 1.82) is 0 Å². The Morgan fingerprint density at radius 3 is 1.53 bits per heavy atom. The van der Waals surface area contributed by atoms with E-state index in [1.807, 2.05) is 0 Å². The first kappa shape index (κ1) is 14.6. The molecule has 0 spiro atoms. The summed E-state index contributed by atoms with van der Waals surface area (Å²) in [5.74, 6) is 0. The standard InChI is InChI=1S/C4H7F3O6S2/c5-4(6,7)2-1-3(14(8,9)10)15(11,12)13/h3H,1-2H2,(H,8,9,10)(H,11,12,13). The molecule has 0 fully saturated rings. The van der Waals surface area contributed by atoms with Crippen LogP contribution in [0.2, 0.25) is 0 Å². The minimum Gasteiger partial charge on any atom is -0.284 e. The van der Waals surface area contributed by atoms with Crippen LogP contribution in [0.25, 0.3) is 0 Å². The third kappa shape index (κ3) is 5.92. The molecule has 2 N–H and O–H groups in total. The van der Waals surface area contributed by atoms with Gasteiger partial charge >= 0.3 is 6.18 Å². The second kappa shape index (κ2) is 4.23. The van der Waals surface area contributed by atoms with Gasteiger partial charge in [0.05, 0.1) is 0 Å². The predicted molar refractivity (Wildman–Crippen MR) is 42.2 cm³/mol. The largest absolute Gasteiger partial charge is 0.389 e. The Hall–Kier alpha value is -0.390. The van der Waals surface area contributed by atoms with E-state index in [9.17, 15) is 30.0 Å². The fourth-order valence-corrected chi connectivity index (χ4v) is 2.79. The normalized spacial score (nSPS) is 14.5. The van der Waals surface area contributed by atoms with Gasteiger partial charge in [0.25, 0.3) is 20.2 Å². The van der Waals surface area contributed by atoms with E-state index in [0.717, 1.165) is 0 Å². The highest BCUT2D eigenvalue weighted by Gasteiger charge is 2.39. The summed E-state index contributed by atoms with van der Waals surface area (Å²) < 4.78 is 90.0. The third-order valence-corrected chi connectivity index (χ3v) is 4.59. The summed E-state index contributed by atoms with van der Waals surface area (Å²) in [7, 11) is -10.6. The minimum absolute atomic E-state index is 1.46. The highest BCUT2D eigenvalue weighted by molar-refractivity contribution is 8.03. The van der Waals surface area contributed by atoms with E-state index in [1.165, 1.54) is 0 Å². The Bertz CT molecular complexity index is 374. The second-order valence-corrected chi connectivity index (χ2v) is 6.11. The smallest absolute Gasteiger partial charge is 0.284 e. The van der Waals surface area contributed by atoms with Gasteiger partial charge in [0, 0.05) is 6.42 Å². The molecule has 0 aromatic carbocycles. The summed E-state index contributed by atoms with van der Waals surface area (Å²) in [5, 5.41) is 0. The summed E-state index contributed by atoms with van der Waals surface area (Å²) in [4.78, 5) is 0. The van der Waals surface area contributed by atoms with Crippen LogP contribution in [0.3, 0.4) is 0 Å². The van der Waals surface area contributed by atoms with Crippen LogP contribution in [-0.4, -0.2) is 36.7 Å². The molecular weight excluding hydrogens is 265 g/mol. The SMILES string of the molecule is O=S(=O)(O)C(CCC(F)(F)F)S(=O)(=O)O. The molecule has 0 amide bonds. The molecule has 15 heavy (non-hydrogen) atoms. The number of hydrogen-bond acceptors (Lipinski definition) is 4. The molecule has 6 nitrogen and oxygen atoms in total. The molecule has 11 heteroatoms. The first-order valence-electron chi connectivity index (χ1n) is 3.33. The van der Waals surface area contributed by atoms with E-state index in [2.05, 4.69) is 0 Å². The maximum atomic E-state index is 11.6. The van der Waals surface area contributed by atoms with E-state index in [0.29, 0.717) is 0 Å². The van der Waals surface area contributed by atoms with E-state index in [1.54, 1.807) is 0 Å². The van der Waals surface area contributed by atoms with Gasteiger partial charge in [-0.05, 0) is 6.42 Å². The lowest BCUT2D eigenvalue weighted by atomic mass is 10.3. The zero-order chi connectivity index (χ0) is 12.5. The summed E-state index contributed by atoms with van der Waals surface area (Å²) in [6.45, 7) is 0. The molecule has 0 aliphatic heterocycles. The fraction of sp³-hybridized carbons (Fsp3) is 1.00. The molecule has 92 valence electrons. The molecule has 0 heterocycles. The molecule has 0 saturated heterocycles. The number of alkyl halides is 3. The molecule has 0 aromatic rings. The quantitative estimate of drug-likeness (QED) is 0.718. The zero-order valence-electron chi connectivity index (χ0n) is 6.97. The Morgan fingerprint density at radius 2 is 1.33 bits per heavy atom. The van der Waals surface area contributed by atoms with Gasteiger partial charge in [0.15, 0.2) is 0 Å². The van der Waals surface area contributed by atoms with Crippen LogP contribution in [-0.2, 0) is 20.2 Å². The number of rotatable bonds is 4. The molecule has 0 aliphatic carbocycles. The van der Waals surface area contributed by atoms with Crippen molar-refractivity contribution in [2.45, 2.75) is 23.6 Å². The molecule has 0 atom stereocenters. The third-order valence-electron chi connectivity index (χ3n) is 1.33. The van der Waals surface area contributed by atoms with Crippen molar-refractivity contribution in [3.8, 4) is 0 Å². The molecule has 0 aromatic heterocycles. The van der Waals surface area contributed by atoms with Gasteiger partial charge in [-0.3, -0.25) is 9.11 Å². The molecule has 0 bridgehead atoms. The lowest BCUT2D eigenvalue weighted by Crippen LogP contribution is -2.31. The first-order chi connectivity index (χ1) is 6.34. The Morgan fingerprint density at radius 1 is 1.00 bits per heavy atom. The highest BCUT2D eigenvalue weighted by atomic mass is 32.3. The van der Waals surface area contributed by atoms with Gasteiger partial charge in [0.2, 0.25) is 4.58 Å². The Labute approximate surface area is 83.6 Å². The molecule has 0 saturated carbocycles. The maximum absolute atomic E-state index is 11.6. The average molecular weight is 272 g/mol.